The molecule has 1 saturated heterocycles. The predicted molar refractivity (Wildman–Crippen MR) is 56.9 cm³/mol. The molecule has 0 aromatic heterocycles. The topological polar surface area (TPSA) is 63.4 Å². The van der Waals surface area contributed by atoms with Crippen LogP contribution in [0.15, 0.2) is 0 Å². The van der Waals surface area contributed by atoms with Crippen LogP contribution in [0.5, 0.6) is 0 Å². The maximum atomic E-state index is 11.2. The van der Waals surface area contributed by atoms with Crippen molar-refractivity contribution in [3.05, 3.63) is 0 Å². The van der Waals surface area contributed by atoms with Gasteiger partial charge in [0.15, 0.2) is 0 Å². The minimum absolute atomic E-state index is 0.0315. The van der Waals surface area contributed by atoms with Crippen LogP contribution in [0.4, 0.5) is 0 Å². The van der Waals surface area contributed by atoms with Crippen molar-refractivity contribution in [1.29, 1.82) is 0 Å². The Morgan fingerprint density at radius 3 is 2.50 bits per heavy atom. The van der Waals surface area contributed by atoms with Crippen LogP contribution in [0.2, 0.25) is 0 Å². The smallest absolute Gasteiger partial charge is 0.229 e. The number of imide groups is 1. The van der Waals surface area contributed by atoms with Crippen LogP contribution in [-0.2, 0) is 9.59 Å². The molecule has 1 aliphatic heterocycles. The Morgan fingerprint density at radius 2 is 2.00 bits per heavy atom. The van der Waals surface area contributed by atoms with Crippen LogP contribution < -0.4 is 5.73 Å². The minimum atomic E-state index is -0.0315. The molecule has 1 fully saturated rings. The van der Waals surface area contributed by atoms with Gasteiger partial charge in [-0.2, -0.15) is 11.8 Å². The van der Waals surface area contributed by atoms with E-state index in [-0.39, 0.29) is 11.8 Å². The van der Waals surface area contributed by atoms with Crippen LogP contribution in [0.3, 0.4) is 0 Å². The Kier molecular flexibility index (Phi) is 4.41. The largest absolute Gasteiger partial charge is 0.329 e. The van der Waals surface area contributed by atoms with Gasteiger partial charge in [0.2, 0.25) is 11.8 Å². The molecule has 1 unspecified atom stereocenters. The summed E-state index contributed by atoms with van der Waals surface area (Å²) in [7, 11) is 0. The average molecular weight is 216 g/mol. The summed E-state index contributed by atoms with van der Waals surface area (Å²) >= 11 is 1.70. The first kappa shape index (κ1) is 11.5. The second-order valence-electron chi connectivity index (χ2n) is 3.36. The molecule has 0 aromatic carbocycles. The van der Waals surface area contributed by atoms with Gasteiger partial charge < -0.3 is 5.73 Å². The highest BCUT2D eigenvalue weighted by Gasteiger charge is 2.28. The van der Waals surface area contributed by atoms with Crippen molar-refractivity contribution in [2.75, 3.05) is 18.8 Å². The van der Waals surface area contributed by atoms with Gasteiger partial charge in [0.1, 0.15) is 0 Å². The lowest BCUT2D eigenvalue weighted by Crippen LogP contribution is -2.31. The second-order valence-corrected chi connectivity index (χ2v) is 4.90. The van der Waals surface area contributed by atoms with Gasteiger partial charge in [0, 0.05) is 36.9 Å². The van der Waals surface area contributed by atoms with Crippen LogP contribution in [0.1, 0.15) is 19.8 Å². The first-order chi connectivity index (χ1) is 6.65. The summed E-state index contributed by atoms with van der Waals surface area (Å²) in [5, 5.41) is 0.391. The third-order valence-corrected chi connectivity index (χ3v) is 3.38. The highest BCUT2D eigenvalue weighted by Crippen LogP contribution is 2.14. The van der Waals surface area contributed by atoms with Crippen molar-refractivity contribution in [2.45, 2.75) is 25.0 Å². The number of carbonyl (C=O) groups is 2. The molecule has 1 aliphatic rings. The minimum Gasteiger partial charge on any atom is -0.329 e. The number of hydrogen-bond donors (Lipinski definition) is 1. The molecule has 14 heavy (non-hydrogen) atoms. The van der Waals surface area contributed by atoms with Crippen LogP contribution >= 0.6 is 11.8 Å². The normalized spacial score (nSPS) is 19.1. The third-order valence-electron chi connectivity index (χ3n) is 2.20. The number of thioether (sulfide) groups is 1. The number of rotatable bonds is 5. The Morgan fingerprint density at radius 1 is 1.43 bits per heavy atom. The maximum Gasteiger partial charge on any atom is 0.229 e. The lowest BCUT2D eigenvalue weighted by molar-refractivity contribution is -0.137. The Labute approximate surface area is 88.2 Å². The van der Waals surface area contributed by atoms with Gasteiger partial charge in [-0.15, -0.1) is 0 Å². The lowest BCUT2D eigenvalue weighted by Gasteiger charge is -2.14. The van der Waals surface area contributed by atoms with Crippen LogP contribution in [0.25, 0.3) is 0 Å². The standard InChI is InChI=1S/C9H16N2O2S/c1-7(6-10)14-5-4-11-8(12)2-3-9(11)13/h7H,2-6,10H2,1H3. The summed E-state index contributed by atoms with van der Waals surface area (Å²) in [6.07, 6.45) is 0.770. The third kappa shape index (κ3) is 2.99. The molecule has 0 radical (unpaired) electrons. The molecule has 1 atom stereocenters. The molecular weight excluding hydrogens is 200 g/mol. The van der Waals surface area contributed by atoms with E-state index in [2.05, 4.69) is 0 Å². The SMILES string of the molecule is CC(CN)SCCN1C(=O)CCC1=O. The van der Waals surface area contributed by atoms with Gasteiger partial charge in [0.25, 0.3) is 0 Å². The zero-order valence-corrected chi connectivity index (χ0v) is 9.18. The molecule has 1 heterocycles. The number of nitrogens with zero attached hydrogens (tertiary/aromatic N) is 1. The molecule has 5 heteroatoms. The molecule has 0 spiro atoms. The fraction of sp³-hybridized carbons (Fsp3) is 0.778. The van der Waals surface area contributed by atoms with E-state index < -0.39 is 0 Å². The van der Waals surface area contributed by atoms with Gasteiger partial charge in [0.05, 0.1) is 0 Å². The molecule has 1 rings (SSSR count). The van der Waals surface area contributed by atoms with E-state index in [1.165, 1.54) is 4.90 Å². The fourth-order valence-corrected chi connectivity index (χ4v) is 2.11. The van der Waals surface area contributed by atoms with E-state index in [0.717, 1.165) is 5.75 Å². The molecule has 2 N–H and O–H groups in total. The summed E-state index contributed by atoms with van der Waals surface area (Å²) in [4.78, 5) is 23.8. The Hall–Kier alpha value is -0.550. The number of carbonyl (C=O) groups excluding carboxylic acids is 2. The van der Waals surface area contributed by atoms with Gasteiger partial charge in [-0.25, -0.2) is 0 Å². The molecule has 0 aromatic rings. The highest BCUT2D eigenvalue weighted by molar-refractivity contribution is 7.99. The van der Waals surface area contributed by atoms with Gasteiger partial charge >= 0.3 is 0 Å². The summed E-state index contributed by atoms with van der Waals surface area (Å²) in [6, 6.07) is 0. The number of hydrogen-bond acceptors (Lipinski definition) is 4. The molecule has 80 valence electrons. The summed E-state index contributed by atoms with van der Waals surface area (Å²) < 4.78 is 0. The van der Waals surface area contributed by atoms with Gasteiger partial charge in [-0.3, -0.25) is 14.5 Å². The first-order valence-corrected chi connectivity index (χ1v) is 5.85. The summed E-state index contributed by atoms with van der Waals surface area (Å²) in [5.41, 5.74) is 5.45. The van der Waals surface area contributed by atoms with Gasteiger partial charge in [-0.1, -0.05) is 6.92 Å². The number of amides is 2. The monoisotopic (exact) mass is 216 g/mol. The predicted octanol–water partition coefficient (Wildman–Crippen LogP) is 0.216. The second kappa shape index (κ2) is 5.36. The van der Waals surface area contributed by atoms with E-state index in [9.17, 15) is 9.59 Å². The quantitative estimate of drug-likeness (QED) is 0.668. The Balaban J connectivity index is 2.24. The zero-order chi connectivity index (χ0) is 10.6. The van der Waals surface area contributed by atoms with Crippen LogP contribution in [0, 0.1) is 0 Å². The van der Waals surface area contributed by atoms with Crippen molar-refractivity contribution in [2.24, 2.45) is 5.73 Å². The van der Waals surface area contributed by atoms with E-state index in [0.29, 0.717) is 31.2 Å². The van der Waals surface area contributed by atoms with E-state index in [4.69, 9.17) is 5.73 Å². The van der Waals surface area contributed by atoms with Crippen LogP contribution in [-0.4, -0.2) is 40.8 Å². The van der Waals surface area contributed by atoms with Crippen molar-refractivity contribution in [3.63, 3.8) is 0 Å². The van der Waals surface area contributed by atoms with Crippen molar-refractivity contribution in [3.8, 4) is 0 Å². The fourth-order valence-electron chi connectivity index (χ4n) is 1.29. The maximum absolute atomic E-state index is 11.2. The molecule has 4 nitrogen and oxygen atoms in total. The summed E-state index contributed by atoms with van der Waals surface area (Å²) in [5.74, 6) is 0.725. The van der Waals surface area contributed by atoms with E-state index >= 15 is 0 Å². The average Bonchev–Trinajstić information content (AvgIpc) is 2.48. The van der Waals surface area contributed by atoms with Crippen molar-refractivity contribution >= 4 is 23.6 Å². The molecular formula is C9H16N2O2S. The Bertz CT molecular complexity index is 217. The molecule has 0 aliphatic carbocycles. The lowest BCUT2D eigenvalue weighted by atomic mass is 10.4. The molecule has 2 amide bonds. The first-order valence-electron chi connectivity index (χ1n) is 4.80. The summed E-state index contributed by atoms with van der Waals surface area (Å²) in [6.45, 7) is 3.21. The number of nitrogens with two attached hydrogens (primary N) is 1. The van der Waals surface area contributed by atoms with E-state index in [1.54, 1.807) is 11.8 Å². The van der Waals surface area contributed by atoms with Gasteiger partial charge in [-0.05, 0) is 0 Å². The molecule has 0 saturated carbocycles. The zero-order valence-electron chi connectivity index (χ0n) is 8.36. The van der Waals surface area contributed by atoms with Crippen molar-refractivity contribution < 1.29 is 9.59 Å². The van der Waals surface area contributed by atoms with Crippen molar-refractivity contribution in [1.82, 2.24) is 4.90 Å². The highest BCUT2D eigenvalue weighted by atomic mass is 32.2. The van der Waals surface area contributed by atoms with E-state index in [1.807, 2.05) is 6.92 Å². The molecule has 0 bridgehead atoms. The number of likely N-dealkylation sites (tertiary alicyclic amines) is 1.